The number of aliphatic carboxylic acids is 1. The Morgan fingerprint density at radius 3 is 2.83 bits per heavy atom. The number of H-pyrrole nitrogens is 1. The van der Waals surface area contributed by atoms with Crippen molar-refractivity contribution in [3.05, 3.63) is 23.8 Å². The molecular weight excluding hydrogens is 180 g/mol. The molecule has 0 aliphatic rings. The fraction of sp³-hybridized carbons (Fsp3) is 0.143. The summed E-state index contributed by atoms with van der Waals surface area (Å²) in [5.41, 5.74) is 0.912. The van der Waals surface area contributed by atoms with Gasteiger partial charge in [-0.2, -0.15) is 0 Å². The minimum Gasteiger partial charge on any atom is -0.478 e. The zero-order valence-corrected chi connectivity index (χ0v) is 7.26. The average molecular weight is 189 g/mol. The summed E-state index contributed by atoms with van der Waals surface area (Å²) in [6.07, 6.45) is 4.09. The molecule has 0 amide bonds. The lowest BCUT2D eigenvalue weighted by Crippen LogP contribution is -1.86. The lowest BCUT2D eigenvalue weighted by molar-refractivity contribution is -0.131. The molecule has 1 aromatic rings. The number of nitrogens with one attached hydrogen (secondary N) is 1. The molecule has 12 heavy (non-hydrogen) atoms. The number of hydrogen-bond donors (Lipinski definition) is 2. The highest BCUT2D eigenvalue weighted by Gasteiger charge is 1.91. The predicted molar refractivity (Wildman–Crippen MR) is 47.2 cm³/mol. The van der Waals surface area contributed by atoms with Crippen molar-refractivity contribution < 1.29 is 9.90 Å². The topological polar surface area (TPSA) is 66.0 Å². The summed E-state index contributed by atoms with van der Waals surface area (Å²) in [4.78, 5) is 16.8. The van der Waals surface area contributed by atoms with Crippen molar-refractivity contribution in [2.24, 2.45) is 0 Å². The van der Waals surface area contributed by atoms with Crippen LogP contribution in [0.5, 0.6) is 0 Å². The molecule has 0 bridgehead atoms. The molecule has 1 aromatic heterocycles. The number of carbonyl (C=O) groups is 1. The van der Waals surface area contributed by atoms with Crippen LogP contribution in [0.4, 0.5) is 0 Å². The van der Waals surface area contributed by atoms with Crippen LogP contribution >= 0.6 is 12.4 Å². The number of halogens is 1. The van der Waals surface area contributed by atoms with Gasteiger partial charge >= 0.3 is 5.97 Å². The van der Waals surface area contributed by atoms with Crippen molar-refractivity contribution in [2.75, 3.05) is 0 Å². The van der Waals surface area contributed by atoms with Gasteiger partial charge in [-0.1, -0.05) is 0 Å². The average Bonchev–Trinajstić information content (AvgIpc) is 2.31. The van der Waals surface area contributed by atoms with Crippen LogP contribution in [-0.4, -0.2) is 21.0 Å². The second-order valence-corrected chi connectivity index (χ2v) is 2.12. The monoisotopic (exact) mass is 188 g/mol. The maximum atomic E-state index is 10.1. The lowest BCUT2D eigenvalue weighted by Gasteiger charge is -1.81. The summed E-state index contributed by atoms with van der Waals surface area (Å²) in [5, 5.41) is 8.25. The molecule has 0 spiro atoms. The van der Waals surface area contributed by atoms with Gasteiger partial charge in [0, 0.05) is 18.0 Å². The van der Waals surface area contributed by atoms with Gasteiger partial charge in [0.15, 0.2) is 0 Å². The van der Waals surface area contributed by atoms with Crippen molar-refractivity contribution >= 4 is 24.5 Å². The molecule has 0 saturated heterocycles. The summed E-state index contributed by atoms with van der Waals surface area (Å²) in [5.74, 6) is -0.413. The number of aromatic amines is 1. The SMILES string of the molecule is Cc1cnc(C=CC(=O)O)[nH]1.Cl. The number of rotatable bonds is 2. The normalized spacial score (nSPS) is 9.75. The minimum atomic E-state index is -0.973. The van der Waals surface area contributed by atoms with E-state index in [1.165, 1.54) is 6.08 Å². The smallest absolute Gasteiger partial charge is 0.328 e. The fourth-order valence-electron chi connectivity index (χ4n) is 0.668. The number of aryl methyl sites for hydroxylation is 1. The maximum Gasteiger partial charge on any atom is 0.328 e. The van der Waals surface area contributed by atoms with E-state index in [-0.39, 0.29) is 12.4 Å². The summed E-state index contributed by atoms with van der Waals surface area (Å²) in [6.45, 7) is 1.85. The maximum absolute atomic E-state index is 10.1. The molecule has 4 nitrogen and oxygen atoms in total. The van der Waals surface area contributed by atoms with Crippen LogP contribution in [0.15, 0.2) is 12.3 Å². The summed E-state index contributed by atoms with van der Waals surface area (Å²) in [7, 11) is 0. The van der Waals surface area contributed by atoms with Gasteiger partial charge in [-0.3, -0.25) is 0 Å². The standard InChI is InChI=1S/C7H8N2O2.ClH/c1-5-4-8-6(9-5)2-3-7(10)11;/h2-4H,1H3,(H,8,9)(H,10,11);1H. The molecule has 0 aromatic carbocycles. The van der Waals surface area contributed by atoms with Crippen molar-refractivity contribution in [3.63, 3.8) is 0 Å². The zero-order valence-electron chi connectivity index (χ0n) is 6.44. The largest absolute Gasteiger partial charge is 0.478 e. The molecule has 5 heteroatoms. The predicted octanol–water partition coefficient (Wildman–Crippen LogP) is 1.24. The van der Waals surface area contributed by atoms with Gasteiger partial charge in [-0.15, -0.1) is 12.4 Å². The van der Waals surface area contributed by atoms with E-state index in [0.717, 1.165) is 11.8 Å². The Bertz CT molecular complexity index is 293. The van der Waals surface area contributed by atoms with E-state index in [0.29, 0.717) is 5.82 Å². The summed E-state index contributed by atoms with van der Waals surface area (Å²) in [6, 6.07) is 0. The first kappa shape index (κ1) is 10.7. The number of hydrogen-bond acceptors (Lipinski definition) is 2. The Balaban J connectivity index is 0.00000121. The van der Waals surface area contributed by atoms with Crippen LogP contribution in [-0.2, 0) is 4.79 Å². The van der Waals surface area contributed by atoms with Gasteiger partial charge < -0.3 is 10.1 Å². The first-order valence-electron chi connectivity index (χ1n) is 3.11. The molecular formula is C7H9ClN2O2. The Labute approximate surface area is 75.7 Å². The highest BCUT2D eigenvalue weighted by Crippen LogP contribution is 1.96. The first-order valence-corrected chi connectivity index (χ1v) is 3.11. The van der Waals surface area contributed by atoms with E-state index in [4.69, 9.17) is 5.11 Å². The molecule has 0 aliphatic carbocycles. The molecule has 0 fully saturated rings. The van der Waals surface area contributed by atoms with Crippen LogP contribution in [0.3, 0.4) is 0 Å². The second-order valence-electron chi connectivity index (χ2n) is 2.12. The highest BCUT2D eigenvalue weighted by molar-refractivity contribution is 5.85. The second kappa shape index (κ2) is 4.56. The zero-order chi connectivity index (χ0) is 8.27. The molecule has 0 radical (unpaired) electrons. The Hall–Kier alpha value is -1.29. The number of carboxylic acid groups (broad SMARTS) is 1. The first-order chi connectivity index (χ1) is 5.18. The van der Waals surface area contributed by atoms with Crippen molar-refractivity contribution in [1.29, 1.82) is 0 Å². The van der Waals surface area contributed by atoms with Crippen molar-refractivity contribution in [1.82, 2.24) is 9.97 Å². The molecule has 0 unspecified atom stereocenters. The van der Waals surface area contributed by atoms with Crippen LogP contribution in [0, 0.1) is 6.92 Å². The van der Waals surface area contributed by atoms with Crippen molar-refractivity contribution in [2.45, 2.75) is 6.92 Å². The molecule has 0 saturated carbocycles. The van der Waals surface area contributed by atoms with Gasteiger partial charge in [0.2, 0.25) is 0 Å². The molecule has 0 aliphatic heterocycles. The Morgan fingerprint density at radius 2 is 2.42 bits per heavy atom. The molecule has 0 atom stereocenters. The number of imidazole rings is 1. The van der Waals surface area contributed by atoms with Gasteiger partial charge in [0.1, 0.15) is 5.82 Å². The fourth-order valence-corrected chi connectivity index (χ4v) is 0.668. The van der Waals surface area contributed by atoms with E-state index in [9.17, 15) is 4.79 Å². The van der Waals surface area contributed by atoms with E-state index in [2.05, 4.69) is 9.97 Å². The minimum absolute atomic E-state index is 0. The van der Waals surface area contributed by atoms with Crippen molar-refractivity contribution in [3.8, 4) is 0 Å². The summed E-state index contributed by atoms with van der Waals surface area (Å²) >= 11 is 0. The number of aromatic nitrogens is 2. The third-order valence-electron chi connectivity index (χ3n) is 1.11. The molecule has 1 heterocycles. The Morgan fingerprint density at radius 1 is 1.75 bits per heavy atom. The third-order valence-corrected chi connectivity index (χ3v) is 1.11. The lowest BCUT2D eigenvalue weighted by atomic mass is 10.5. The Kier molecular flexibility index (Phi) is 4.07. The van der Waals surface area contributed by atoms with Gasteiger partial charge in [0.25, 0.3) is 0 Å². The van der Waals surface area contributed by atoms with Gasteiger partial charge in [-0.05, 0) is 13.0 Å². The van der Waals surface area contributed by atoms with E-state index in [1.807, 2.05) is 6.92 Å². The number of nitrogens with zero attached hydrogens (tertiary/aromatic N) is 1. The molecule has 2 N–H and O–H groups in total. The highest BCUT2D eigenvalue weighted by atomic mass is 35.5. The summed E-state index contributed by atoms with van der Waals surface area (Å²) < 4.78 is 0. The van der Waals surface area contributed by atoms with Crippen LogP contribution in [0.2, 0.25) is 0 Å². The quantitative estimate of drug-likeness (QED) is 0.687. The van der Waals surface area contributed by atoms with Gasteiger partial charge in [0.05, 0.1) is 0 Å². The number of carboxylic acids is 1. The van der Waals surface area contributed by atoms with E-state index >= 15 is 0 Å². The van der Waals surface area contributed by atoms with Crippen LogP contribution in [0.25, 0.3) is 6.08 Å². The van der Waals surface area contributed by atoms with E-state index in [1.54, 1.807) is 6.20 Å². The van der Waals surface area contributed by atoms with Crippen LogP contribution in [0.1, 0.15) is 11.5 Å². The van der Waals surface area contributed by atoms with E-state index < -0.39 is 5.97 Å². The third kappa shape index (κ3) is 3.21. The molecule has 66 valence electrons. The van der Waals surface area contributed by atoms with Gasteiger partial charge in [-0.25, -0.2) is 9.78 Å². The van der Waals surface area contributed by atoms with Crippen LogP contribution < -0.4 is 0 Å². The molecule has 1 rings (SSSR count).